The summed E-state index contributed by atoms with van der Waals surface area (Å²) in [6, 6.07) is 71.1. The number of anilines is 3. The molecule has 0 amide bonds. The van der Waals surface area contributed by atoms with Gasteiger partial charge in [0, 0.05) is 33.4 Å². The molecular formula is C51H33N3O. The van der Waals surface area contributed by atoms with Crippen molar-refractivity contribution in [2.45, 2.75) is 0 Å². The molecule has 0 unspecified atom stereocenters. The summed E-state index contributed by atoms with van der Waals surface area (Å²) in [5, 5.41) is 6.99. The first kappa shape index (κ1) is 31.1. The van der Waals surface area contributed by atoms with E-state index in [1.165, 1.54) is 32.6 Å². The molecule has 258 valence electrons. The summed E-state index contributed by atoms with van der Waals surface area (Å²) in [6.07, 6.45) is 0. The Kier molecular flexibility index (Phi) is 7.14. The molecule has 0 radical (unpaired) electrons. The number of aromatic nitrogens is 2. The molecule has 2 heterocycles. The average molecular weight is 704 g/mol. The van der Waals surface area contributed by atoms with E-state index in [0.29, 0.717) is 5.89 Å². The molecule has 0 aliphatic rings. The van der Waals surface area contributed by atoms with Crippen molar-refractivity contribution in [3.63, 3.8) is 0 Å². The van der Waals surface area contributed by atoms with Gasteiger partial charge in [-0.15, -0.1) is 0 Å². The van der Waals surface area contributed by atoms with Crippen LogP contribution in [-0.4, -0.2) is 9.55 Å². The van der Waals surface area contributed by atoms with E-state index >= 15 is 0 Å². The average Bonchev–Trinajstić information content (AvgIpc) is 3.84. The predicted octanol–water partition coefficient (Wildman–Crippen LogP) is 14.0. The molecule has 0 bridgehead atoms. The highest BCUT2D eigenvalue weighted by Crippen LogP contribution is 2.45. The van der Waals surface area contributed by atoms with Crippen molar-refractivity contribution >= 4 is 71.5 Å². The van der Waals surface area contributed by atoms with E-state index in [2.05, 4.69) is 179 Å². The van der Waals surface area contributed by atoms with Crippen LogP contribution >= 0.6 is 0 Å². The van der Waals surface area contributed by atoms with Gasteiger partial charge in [-0.1, -0.05) is 127 Å². The van der Waals surface area contributed by atoms with Crippen LogP contribution < -0.4 is 4.90 Å². The number of hydrogen-bond donors (Lipinski definition) is 0. The van der Waals surface area contributed by atoms with E-state index in [1.54, 1.807) is 0 Å². The molecule has 4 heteroatoms. The zero-order valence-electron chi connectivity index (χ0n) is 29.8. The molecule has 0 spiro atoms. The van der Waals surface area contributed by atoms with Gasteiger partial charge in [0.2, 0.25) is 5.89 Å². The maximum atomic E-state index is 6.69. The molecule has 0 atom stereocenters. The predicted molar refractivity (Wildman–Crippen MR) is 229 cm³/mol. The summed E-state index contributed by atoms with van der Waals surface area (Å²) in [6.45, 7) is 0. The minimum Gasteiger partial charge on any atom is -0.435 e. The van der Waals surface area contributed by atoms with Crippen molar-refractivity contribution in [2.24, 2.45) is 0 Å². The molecular weight excluding hydrogens is 671 g/mol. The monoisotopic (exact) mass is 703 g/mol. The third-order valence-electron chi connectivity index (χ3n) is 10.8. The standard InChI is InChI=1S/C51H33N3O/c1-3-13-37(14-4-1)51-52-45-31-26-36-16-11-21-47(49(36)50(45)55-51)53(41-27-24-35(25-28-41)39-23-22-34-12-7-8-15-38(34)32-39)42-29-30-44-43-19-9-10-20-46(43)54(48(44)33-42)40-17-5-2-6-18-40/h1-33H. The van der Waals surface area contributed by atoms with Crippen molar-refractivity contribution in [3.8, 4) is 28.3 Å². The first-order chi connectivity index (χ1) is 27.3. The topological polar surface area (TPSA) is 34.2 Å². The molecule has 2 aromatic heterocycles. The summed E-state index contributed by atoms with van der Waals surface area (Å²) < 4.78 is 9.06. The zero-order valence-corrected chi connectivity index (χ0v) is 29.8. The Morgan fingerprint density at radius 1 is 0.436 bits per heavy atom. The van der Waals surface area contributed by atoms with Crippen molar-refractivity contribution in [1.82, 2.24) is 9.55 Å². The molecule has 4 nitrogen and oxygen atoms in total. The van der Waals surface area contributed by atoms with E-state index in [1.807, 2.05) is 30.3 Å². The van der Waals surface area contributed by atoms with E-state index in [0.717, 1.165) is 61.3 Å². The van der Waals surface area contributed by atoms with Gasteiger partial charge < -0.3 is 13.9 Å². The Morgan fingerprint density at radius 2 is 1.11 bits per heavy atom. The highest BCUT2D eigenvalue weighted by atomic mass is 16.3. The molecule has 0 saturated heterocycles. The number of para-hydroxylation sites is 2. The number of oxazole rings is 1. The quantitative estimate of drug-likeness (QED) is 0.173. The largest absolute Gasteiger partial charge is 0.435 e. The first-order valence-corrected chi connectivity index (χ1v) is 18.6. The minimum atomic E-state index is 0.609. The molecule has 11 rings (SSSR count). The summed E-state index contributed by atoms with van der Waals surface area (Å²) in [7, 11) is 0. The molecule has 55 heavy (non-hydrogen) atoms. The van der Waals surface area contributed by atoms with Crippen LogP contribution in [0.15, 0.2) is 205 Å². The molecule has 0 aliphatic heterocycles. The van der Waals surface area contributed by atoms with Gasteiger partial charge in [0.1, 0.15) is 5.52 Å². The molecule has 0 aliphatic carbocycles. The van der Waals surface area contributed by atoms with Crippen molar-refractivity contribution in [2.75, 3.05) is 4.90 Å². The summed E-state index contributed by atoms with van der Waals surface area (Å²) in [4.78, 5) is 7.33. The van der Waals surface area contributed by atoms with Gasteiger partial charge in [-0.25, -0.2) is 4.98 Å². The van der Waals surface area contributed by atoms with Crippen LogP contribution in [0.3, 0.4) is 0 Å². The molecule has 0 saturated carbocycles. The lowest BCUT2D eigenvalue weighted by atomic mass is 10.0. The number of hydrogen-bond acceptors (Lipinski definition) is 3. The minimum absolute atomic E-state index is 0.609. The summed E-state index contributed by atoms with van der Waals surface area (Å²) >= 11 is 0. The second kappa shape index (κ2) is 12.6. The molecule has 0 N–H and O–H groups in total. The van der Waals surface area contributed by atoms with Crippen molar-refractivity contribution in [1.29, 1.82) is 0 Å². The fourth-order valence-electron chi connectivity index (χ4n) is 8.18. The first-order valence-electron chi connectivity index (χ1n) is 18.6. The van der Waals surface area contributed by atoms with Crippen LogP contribution in [0.4, 0.5) is 17.1 Å². The van der Waals surface area contributed by atoms with E-state index in [9.17, 15) is 0 Å². The Morgan fingerprint density at radius 3 is 1.96 bits per heavy atom. The lowest BCUT2D eigenvalue weighted by Crippen LogP contribution is -2.10. The zero-order chi connectivity index (χ0) is 36.3. The highest BCUT2D eigenvalue weighted by molar-refractivity contribution is 6.14. The lowest BCUT2D eigenvalue weighted by Gasteiger charge is -2.27. The van der Waals surface area contributed by atoms with E-state index in [-0.39, 0.29) is 0 Å². The Balaban J connectivity index is 1.15. The third-order valence-corrected chi connectivity index (χ3v) is 10.8. The van der Waals surface area contributed by atoms with E-state index in [4.69, 9.17) is 9.40 Å². The van der Waals surface area contributed by atoms with E-state index < -0.39 is 0 Å². The van der Waals surface area contributed by atoms with Gasteiger partial charge in [-0.05, 0) is 100 Å². The van der Waals surface area contributed by atoms with Gasteiger partial charge in [0.25, 0.3) is 0 Å². The number of fused-ring (bicyclic) bond motifs is 7. The molecule has 9 aromatic carbocycles. The molecule has 0 fully saturated rings. The van der Waals surface area contributed by atoms with Crippen LogP contribution in [0.5, 0.6) is 0 Å². The van der Waals surface area contributed by atoms with Crippen LogP contribution in [-0.2, 0) is 0 Å². The van der Waals surface area contributed by atoms with Crippen molar-refractivity contribution in [3.05, 3.63) is 200 Å². The van der Waals surface area contributed by atoms with Gasteiger partial charge in [0.15, 0.2) is 5.58 Å². The van der Waals surface area contributed by atoms with Crippen LogP contribution in [0.1, 0.15) is 0 Å². The second-order valence-electron chi connectivity index (χ2n) is 14.0. The Labute approximate surface area is 317 Å². The van der Waals surface area contributed by atoms with Crippen LogP contribution in [0.25, 0.3) is 82.7 Å². The van der Waals surface area contributed by atoms with Gasteiger partial charge in [0.05, 0.1) is 22.1 Å². The van der Waals surface area contributed by atoms with Crippen molar-refractivity contribution < 1.29 is 4.42 Å². The fraction of sp³-hybridized carbons (Fsp3) is 0. The summed E-state index contributed by atoms with van der Waals surface area (Å²) in [5.41, 5.74) is 11.4. The Bertz CT molecular complexity index is 3200. The smallest absolute Gasteiger partial charge is 0.227 e. The Hall–Kier alpha value is -7.43. The van der Waals surface area contributed by atoms with Crippen LogP contribution in [0, 0.1) is 0 Å². The summed E-state index contributed by atoms with van der Waals surface area (Å²) in [5.74, 6) is 0.609. The number of rotatable bonds is 6. The maximum absolute atomic E-state index is 6.69. The van der Waals surface area contributed by atoms with Gasteiger partial charge in [-0.3, -0.25) is 0 Å². The second-order valence-corrected chi connectivity index (χ2v) is 14.0. The lowest BCUT2D eigenvalue weighted by molar-refractivity contribution is 0.623. The highest BCUT2D eigenvalue weighted by Gasteiger charge is 2.22. The van der Waals surface area contributed by atoms with Gasteiger partial charge >= 0.3 is 0 Å². The normalized spacial score (nSPS) is 11.6. The third kappa shape index (κ3) is 5.19. The number of benzene rings is 9. The SMILES string of the molecule is c1ccc(-c2nc3ccc4cccc(N(c5ccc(-c6ccc7ccccc7c6)cc5)c5ccc6c7ccccc7n(-c7ccccc7)c6c5)c4c3o2)cc1. The van der Waals surface area contributed by atoms with Gasteiger partial charge in [-0.2, -0.15) is 0 Å². The maximum Gasteiger partial charge on any atom is 0.227 e. The van der Waals surface area contributed by atoms with Crippen LogP contribution in [0.2, 0.25) is 0 Å². The number of nitrogens with zero attached hydrogens (tertiary/aromatic N) is 3. The fourth-order valence-corrected chi connectivity index (χ4v) is 8.18. The molecule has 11 aromatic rings.